The Kier molecular flexibility index (Phi) is 6.08. The van der Waals surface area contributed by atoms with Crippen LogP contribution in [0.25, 0.3) is 0 Å². The van der Waals surface area contributed by atoms with Crippen molar-refractivity contribution in [3.8, 4) is 11.5 Å². The highest BCUT2D eigenvalue weighted by molar-refractivity contribution is 5.76. The largest absolute Gasteiger partial charge is 0.454 e. The van der Waals surface area contributed by atoms with E-state index < -0.39 is 0 Å². The lowest BCUT2D eigenvalue weighted by molar-refractivity contribution is -0.117. The number of rotatable bonds is 8. The van der Waals surface area contributed by atoms with Gasteiger partial charge in [-0.05, 0) is 36.6 Å². The Morgan fingerprint density at radius 3 is 2.62 bits per heavy atom. The number of carbonyl (C=O) groups excluding carboxylic acids is 1. The number of hydrogen-bond acceptors (Lipinski definition) is 4. The molecule has 0 saturated carbocycles. The van der Waals surface area contributed by atoms with E-state index in [2.05, 4.69) is 24.3 Å². The van der Waals surface area contributed by atoms with Crippen LogP contribution in [0, 0.1) is 0 Å². The van der Waals surface area contributed by atoms with E-state index in [1.807, 2.05) is 36.4 Å². The van der Waals surface area contributed by atoms with E-state index in [1.54, 1.807) is 14.0 Å². The molecule has 0 radical (unpaired) electrons. The molecule has 0 saturated heterocycles. The zero-order valence-electron chi connectivity index (χ0n) is 15.2. The predicted octanol–water partition coefficient (Wildman–Crippen LogP) is 4.81. The van der Waals surface area contributed by atoms with Gasteiger partial charge in [0, 0.05) is 19.4 Å². The van der Waals surface area contributed by atoms with E-state index in [-0.39, 0.29) is 24.6 Å². The minimum atomic E-state index is 0.00202. The third-order valence-electron chi connectivity index (χ3n) is 4.51. The monoisotopic (exact) mass is 352 g/mol. The molecule has 1 aliphatic heterocycles. The predicted molar refractivity (Wildman–Crippen MR) is 101 cm³/mol. The number of methoxy groups -OCH3 is 1. The van der Waals surface area contributed by atoms with E-state index in [1.165, 1.54) is 0 Å². The van der Waals surface area contributed by atoms with Crippen molar-refractivity contribution in [2.45, 2.75) is 31.8 Å². The Morgan fingerprint density at radius 2 is 1.88 bits per heavy atom. The summed E-state index contributed by atoms with van der Waals surface area (Å²) >= 11 is 0. The maximum Gasteiger partial charge on any atom is 0.231 e. The highest BCUT2D eigenvalue weighted by Gasteiger charge is 2.18. The molecule has 2 aromatic rings. The number of fused-ring (bicyclic) bond motifs is 1. The summed E-state index contributed by atoms with van der Waals surface area (Å²) in [6.07, 6.45) is 5.40. The van der Waals surface area contributed by atoms with Gasteiger partial charge in [0.15, 0.2) is 11.5 Å². The first-order valence-electron chi connectivity index (χ1n) is 8.80. The second kappa shape index (κ2) is 8.68. The fourth-order valence-corrected chi connectivity index (χ4v) is 3.15. The van der Waals surface area contributed by atoms with E-state index in [9.17, 15) is 4.79 Å². The summed E-state index contributed by atoms with van der Waals surface area (Å²) in [5.74, 6) is 1.66. The molecule has 4 nitrogen and oxygen atoms in total. The van der Waals surface area contributed by atoms with Crippen molar-refractivity contribution >= 4 is 5.78 Å². The van der Waals surface area contributed by atoms with Crippen molar-refractivity contribution in [3.05, 3.63) is 71.8 Å². The fourth-order valence-electron chi connectivity index (χ4n) is 3.15. The van der Waals surface area contributed by atoms with Crippen molar-refractivity contribution < 1.29 is 19.0 Å². The van der Waals surface area contributed by atoms with Crippen LogP contribution >= 0.6 is 0 Å². The molecule has 0 amide bonds. The summed E-state index contributed by atoms with van der Waals surface area (Å²) in [4.78, 5) is 11.7. The number of hydrogen-bond donors (Lipinski definition) is 0. The molecule has 4 heteroatoms. The van der Waals surface area contributed by atoms with Gasteiger partial charge in [-0.3, -0.25) is 4.79 Å². The van der Waals surface area contributed by atoms with E-state index in [0.717, 1.165) is 29.0 Å². The van der Waals surface area contributed by atoms with Gasteiger partial charge in [-0.15, -0.1) is 0 Å². The molecule has 0 N–H and O–H groups in total. The number of Topliss-reactive ketones (excluding diaryl/α,β-unsaturated/α-hetero) is 1. The van der Waals surface area contributed by atoms with Crippen molar-refractivity contribution in [3.63, 3.8) is 0 Å². The Labute approximate surface area is 154 Å². The molecule has 3 rings (SSSR count). The van der Waals surface area contributed by atoms with Gasteiger partial charge in [-0.25, -0.2) is 0 Å². The average molecular weight is 352 g/mol. The average Bonchev–Trinajstić information content (AvgIpc) is 3.12. The van der Waals surface area contributed by atoms with Crippen LogP contribution in [-0.4, -0.2) is 19.7 Å². The summed E-state index contributed by atoms with van der Waals surface area (Å²) in [7, 11) is 1.72. The Hall–Kier alpha value is -2.59. The summed E-state index contributed by atoms with van der Waals surface area (Å²) in [6.45, 7) is 1.87. The van der Waals surface area contributed by atoms with Crippen molar-refractivity contribution in [2.24, 2.45) is 0 Å². The van der Waals surface area contributed by atoms with Gasteiger partial charge in [0.05, 0.1) is 6.10 Å². The lowest BCUT2D eigenvalue weighted by Crippen LogP contribution is -2.03. The third-order valence-corrected chi connectivity index (χ3v) is 4.51. The van der Waals surface area contributed by atoms with Crippen LogP contribution in [0.2, 0.25) is 0 Å². The SMILES string of the molecule is CO[C@H](C/C=C/[C@@H](CC(C)=O)c1ccc2c(c1)OCO2)c1ccccc1. The van der Waals surface area contributed by atoms with Gasteiger partial charge < -0.3 is 14.2 Å². The molecular weight excluding hydrogens is 328 g/mol. The summed E-state index contributed by atoms with van der Waals surface area (Å²) in [5.41, 5.74) is 2.19. The van der Waals surface area contributed by atoms with Gasteiger partial charge in [0.1, 0.15) is 5.78 Å². The van der Waals surface area contributed by atoms with Crippen LogP contribution in [0.5, 0.6) is 11.5 Å². The zero-order chi connectivity index (χ0) is 18.4. The van der Waals surface area contributed by atoms with Gasteiger partial charge >= 0.3 is 0 Å². The molecule has 2 atom stereocenters. The molecule has 0 aromatic heterocycles. The Morgan fingerprint density at radius 1 is 1.12 bits per heavy atom. The van der Waals surface area contributed by atoms with Crippen molar-refractivity contribution in [1.82, 2.24) is 0 Å². The molecule has 136 valence electrons. The van der Waals surface area contributed by atoms with Gasteiger partial charge in [-0.2, -0.15) is 0 Å². The summed E-state index contributed by atoms with van der Waals surface area (Å²) < 4.78 is 16.4. The number of ether oxygens (including phenoxy) is 3. The van der Waals surface area contributed by atoms with Crippen LogP contribution in [0.3, 0.4) is 0 Å². The third kappa shape index (κ3) is 4.52. The quantitative estimate of drug-likeness (QED) is 0.640. The Balaban J connectivity index is 1.73. The second-order valence-corrected chi connectivity index (χ2v) is 6.42. The molecule has 0 unspecified atom stereocenters. The topological polar surface area (TPSA) is 44.8 Å². The highest BCUT2D eigenvalue weighted by Crippen LogP contribution is 2.36. The van der Waals surface area contributed by atoms with Crippen molar-refractivity contribution in [2.75, 3.05) is 13.9 Å². The van der Waals surface area contributed by atoms with Crippen LogP contribution in [0.15, 0.2) is 60.7 Å². The minimum absolute atomic E-state index is 0.00202. The number of allylic oxidation sites excluding steroid dienone is 1. The summed E-state index contributed by atoms with van der Waals surface area (Å²) in [5, 5.41) is 0. The molecular formula is C22H24O4. The first-order valence-corrected chi connectivity index (χ1v) is 8.80. The maximum atomic E-state index is 11.7. The second-order valence-electron chi connectivity index (χ2n) is 6.42. The zero-order valence-corrected chi connectivity index (χ0v) is 15.2. The smallest absolute Gasteiger partial charge is 0.231 e. The molecule has 0 fully saturated rings. The molecule has 1 heterocycles. The number of ketones is 1. The lowest BCUT2D eigenvalue weighted by atomic mass is 9.92. The molecule has 1 aliphatic rings. The van der Waals surface area contributed by atoms with Gasteiger partial charge in [0.25, 0.3) is 0 Å². The maximum absolute atomic E-state index is 11.7. The fraction of sp³-hybridized carbons (Fsp3) is 0.318. The normalized spacial score (nSPS) is 15.2. The standard InChI is InChI=1S/C22H24O4/c1-16(23)13-18(19-11-12-21-22(14-19)26-15-25-21)9-6-10-20(24-2)17-7-4-3-5-8-17/h3-9,11-12,14,18,20H,10,13,15H2,1-2H3/b9-6+/t18-,20+/m0/s1. The van der Waals surface area contributed by atoms with E-state index in [4.69, 9.17) is 14.2 Å². The molecule has 0 bridgehead atoms. The van der Waals surface area contributed by atoms with Crippen LogP contribution in [0.4, 0.5) is 0 Å². The highest BCUT2D eigenvalue weighted by atomic mass is 16.7. The molecule has 26 heavy (non-hydrogen) atoms. The molecule has 2 aromatic carbocycles. The van der Waals surface area contributed by atoms with Gasteiger partial charge in [0.2, 0.25) is 6.79 Å². The van der Waals surface area contributed by atoms with E-state index in [0.29, 0.717) is 6.42 Å². The lowest BCUT2D eigenvalue weighted by Gasteiger charge is -2.15. The number of carbonyl (C=O) groups is 1. The molecule has 0 spiro atoms. The first-order chi connectivity index (χ1) is 12.7. The Bertz CT molecular complexity index is 767. The van der Waals surface area contributed by atoms with Gasteiger partial charge in [-0.1, -0.05) is 48.6 Å². The van der Waals surface area contributed by atoms with Crippen LogP contribution in [-0.2, 0) is 9.53 Å². The minimum Gasteiger partial charge on any atom is -0.454 e. The van der Waals surface area contributed by atoms with E-state index >= 15 is 0 Å². The molecule has 0 aliphatic carbocycles. The van der Waals surface area contributed by atoms with Crippen LogP contribution < -0.4 is 9.47 Å². The van der Waals surface area contributed by atoms with Crippen LogP contribution in [0.1, 0.15) is 42.9 Å². The number of benzene rings is 2. The summed E-state index contributed by atoms with van der Waals surface area (Å²) in [6, 6.07) is 16.0. The first kappa shape index (κ1) is 18.2. The van der Waals surface area contributed by atoms with Crippen molar-refractivity contribution in [1.29, 1.82) is 0 Å².